The van der Waals surface area contributed by atoms with Gasteiger partial charge in [0.15, 0.2) is 0 Å². The van der Waals surface area contributed by atoms with Crippen molar-refractivity contribution < 1.29 is 19.1 Å². The van der Waals surface area contributed by atoms with Gasteiger partial charge >= 0.3 is 0 Å². The van der Waals surface area contributed by atoms with Gasteiger partial charge in [-0.25, -0.2) is 4.98 Å². The van der Waals surface area contributed by atoms with Crippen LogP contribution in [0.5, 0.6) is 0 Å². The number of pyridine rings is 1. The van der Waals surface area contributed by atoms with E-state index in [0.29, 0.717) is 48.8 Å². The fraction of sp³-hybridized carbons (Fsp3) is 0.321. The minimum absolute atomic E-state index is 0.0382. The number of hydrogen-bond acceptors (Lipinski definition) is 7. The third-order valence-electron chi connectivity index (χ3n) is 6.41. The average Bonchev–Trinajstić information content (AvgIpc) is 3.37. The molecule has 0 spiro atoms. The van der Waals surface area contributed by atoms with Crippen LogP contribution in [0.25, 0.3) is 10.9 Å². The van der Waals surface area contributed by atoms with Crippen LogP contribution in [0.4, 0.5) is 11.5 Å². The Morgan fingerprint density at radius 2 is 1.82 bits per heavy atom. The lowest BCUT2D eigenvalue weighted by molar-refractivity contribution is -0.122. The number of carbonyl (C=O) groups is 3. The van der Waals surface area contributed by atoms with Crippen molar-refractivity contribution in [2.75, 3.05) is 49.6 Å². The largest absolute Gasteiger partial charge is 0.378 e. The van der Waals surface area contributed by atoms with Gasteiger partial charge in [-0.3, -0.25) is 19.1 Å². The third-order valence-corrected chi connectivity index (χ3v) is 6.41. The maximum absolute atomic E-state index is 12.9. The highest BCUT2D eigenvalue weighted by atomic mass is 16.5. The van der Waals surface area contributed by atoms with Crippen LogP contribution in [-0.2, 0) is 20.9 Å². The molecular weight excluding hydrogens is 498 g/mol. The summed E-state index contributed by atoms with van der Waals surface area (Å²) in [4.78, 5) is 44.0. The number of nitrogens with one attached hydrogen (secondary N) is 3. The zero-order valence-electron chi connectivity index (χ0n) is 21.6. The van der Waals surface area contributed by atoms with Gasteiger partial charge in [0.05, 0.1) is 18.7 Å². The summed E-state index contributed by atoms with van der Waals surface area (Å²) in [6, 6.07) is 10.8. The molecule has 1 aliphatic heterocycles. The number of amides is 3. The monoisotopic (exact) mass is 529 g/mol. The van der Waals surface area contributed by atoms with Gasteiger partial charge in [-0.05, 0) is 43.2 Å². The standard InChI is InChI=1S/C28H31N7O4/c36-26(29-11-12-30-27(37)20-5-2-1-3-6-20)19-35-18-21-17-22(9-10-23(21)33-35)31-28(38)24-7-4-8-25(32-24)34-13-15-39-16-14-34/h2,4-10,17-18H,1,3,11-16,19H2,(H,29,36)(H,30,37)(H,31,38). The predicted molar refractivity (Wildman–Crippen MR) is 147 cm³/mol. The van der Waals surface area contributed by atoms with E-state index >= 15 is 0 Å². The second-order valence-electron chi connectivity index (χ2n) is 9.28. The van der Waals surface area contributed by atoms with Gasteiger partial charge in [0.25, 0.3) is 11.8 Å². The quantitative estimate of drug-likeness (QED) is 0.362. The summed E-state index contributed by atoms with van der Waals surface area (Å²) in [6.45, 7) is 3.46. The molecule has 5 rings (SSSR count). The van der Waals surface area contributed by atoms with E-state index in [2.05, 4.69) is 30.9 Å². The minimum atomic E-state index is -0.306. The average molecular weight is 530 g/mol. The first-order chi connectivity index (χ1) is 19.0. The number of nitrogens with zero attached hydrogens (tertiary/aromatic N) is 4. The Kier molecular flexibility index (Phi) is 8.27. The number of fused-ring (bicyclic) bond motifs is 1. The molecule has 1 saturated heterocycles. The number of aromatic nitrogens is 3. The van der Waals surface area contributed by atoms with Gasteiger partial charge in [0.2, 0.25) is 5.91 Å². The Morgan fingerprint density at radius 3 is 2.64 bits per heavy atom. The molecule has 11 nitrogen and oxygen atoms in total. The van der Waals surface area contributed by atoms with E-state index in [9.17, 15) is 14.4 Å². The minimum Gasteiger partial charge on any atom is -0.378 e. The van der Waals surface area contributed by atoms with Crippen molar-refractivity contribution in [3.8, 4) is 0 Å². The van der Waals surface area contributed by atoms with Crippen LogP contribution in [-0.4, -0.2) is 71.9 Å². The van der Waals surface area contributed by atoms with Crippen molar-refractivity contribution in [2.45, 2.75) is 19.4 Å². The van der Waals surface area contributed by atoms with Crippen LogP contribution in [0.15, 0.2) is 66.4 Å². The van der Waals surface area contributed by atoms with Gasteiger partial charge in [-0.2, -0.15) is 5.10 Å². The van der Waals surface area contributed by atoms with Gasteiger partial charge in [0, 0.05) is 49.0 Å². The number of allylic oxidation sites excluding steroid dienone is 2. The molecule has 3 heterocycles. The summed E-state index contributed by atoms with van der Waals surface area (Å²) in [7, 11) is 0. The molecule has 3 amide bonds. The molecule has 2 aromatic heterocycles. The third kappa shape index (κ3) is 6.88. The fourth-order valence-corrected chi connectivity index (χ4v) is 4.41. The molecule has 1 fully saturated rings. The van der Waals surface area contributed by atoms with Crippen LogP contribution in [0.2, 0.25) is 0 Å². The number of carbonyl (C=O) groups excluding carboxylic acids is 3. The van der Waals surface area contributed by atoms with Crippen molar-refractivity contribution in [3.05, 3.63) is 72.1 Å². The van der Waals surface area contributed by atoms with Crippen molar-refractivity contribution in [2.24, 2.45) is 0 Å². The van der Waals surface area contributed by atoms with E-state index in [0.717, 1.165) is 37.1 Å². The number of anilines is 2. The Morgan fingerprint density at radius 1 is 0.974 bits per heavy atom. The normalized spacial score (nSPS) is 15.1. The Bertz CT molecular complexity index is 1420. The molecule has 39 heavy (non-hydrogen) atoms. The second-order valence-corrected chi connectivity index (χ2v) is 9.28. The lowest BCUT2D eigenvalue weighted by atomic mass is 10.1. The van der Waals surface area contributed by atoms with Crippen LogP contribution >= 0.6 is 0 Å². The van der Waals surface area contributed by atoms with E-state index < -0.39 is 0 Å². The van der Waals surface area contributed by atoms with E-state index in [1.54, 1.807) is 29.1 Å². The molecule has 2 aliphatic rings. The van der Waals surface area contributed by atoms with Crippen LogP contribution in [0.1, 0.15) is 23.3 Å². The fourth-order valence-electron chi connectivity index (χ4n) is 4.41. The van der Waals surface area contributed by atoms with E-state index in [1.807, 2.05) is 36.4 Å². The van der Waals surface area contributed by atoms with Crippen molar-refractivity contribution in [3.63, 3.8) is 0 Å². The number of benzene rings is 1. The summed E-state index contributed by atoms with van der Waals surface area (Å²) >= 11 is 0. The zero-order valence-corrected chi connectivity index (χ0v) is 21.6. The lowest BCUT2D eigenvalue weighted by Crippen LogP contribution is -2.37. The topological polar surface area (TPSA) is 130 Å². The van der Waals surface area contributed by atoms with Crippen LogP contribution in [0.3, 0.4) is 0 Å². The number of ether oxygens (including phenoxy) is 1. The number of morpholine rings is 1. The van der Waals surface area contributed by atoms with Crippen molar-refractivity contribution in [1.29, 1.82) is 0 Å². The molecule has 202 valence electrons. The van der Waals surface area contributed by atoms with E-state index in [-0.39, 0.29) is 24.3 Å². The first kappa shape index (κ1) is 26.1. The Balaban J connectivity index is 1.12. The molecule has 0 bridgehead atoms. The molecular formula is C28H31N7O4. The lowest BCUT2D eigenvalue weighted by Gasteiger charge is -2.27. The highest BCUT2D eigenvalue weighted by Crippen LogP contribution is 2.19. The maximum Gasteiger partial charge on any atom is 0.274 e. The highest BCUT2D eigenvalue weighted by molar-refractivity contribution is 6.04. The number of hydrogen-bond donors (Lipinski definition) is 3. The molecule has 0 saturated carbocycles. The van der Waals surface area contributed by atoms with Gasteiger partial charge in [0.1, 0.15) is 18.1 Å². The summed E-state index contributed by atoms with van der Waals surface area (Å²) in [5.41, 5.74) is 2.29. The molecule has 11 heteroatoms. The Labute approximate surface area is 225 Å². The smallest absolute Gasteiger partial charge is 0.274 e. The summed E-state index contributed by atoms with van der Waals surface area (Å²) < 4.78 is 6.94. The molecule has 3 aromatic rings. The summed E-state index contributed by atoms with van der Waals surface area (Å²) in [5.74, 6) is 0.0943. The number of rotatable bonds is 9. The van der Waals surface area contributed by atoms with Crippen molar-refractivity contribution in [1.82, 2.24) is 25.4 Å². The maximum atomic E-state index is 12.9. The van der Waals surface area contributed by atoms with E-state index in [4.69, 9.17) is 4.74 Å². The molecule has 0 atom stereocenters. The van der Waals surface area contributed by atoms with Crippen LogP contribution < -0.4 is 20.9 Å². The van der Waals surface area contributed by atoms with Gasteiger partial charge < -0.3 is 25.6 Å². The molecule has 0 unspecified atom stereocenters. The second kappa shape index (κ2) is 12.4. The predicted octanol–water partition coefficient (Wildman–Crippen LogP) is 2.03. The van der Waals surface area contributed by atoms with E-state index in [1.165, 1.54) is 0 Å². The first-order valence-corrected chi connectivity index (χ1v) is 13.0. The first-order valence-electron chi connectivity index (χ1n) is 13.0. The Hall–Kier alpha value is -4.51. The summed E-state index contributed by atoms with van der Waals surface area (Å²) in [6.07, 6.45) is 9.27. The SMILES string of the molecule is O=C(Cn1cc2cc(NC(=O)c3cccc(N4CCOCC4)n3)ccc2n1)NCCNC(=O)C1=CCCC=C1. The molecule has 1 aromatic carbocycles. The van der Waals surface area contributed by atoms with Gasteiger partial charge in [-0.15, -0.1) is 0 Å². The molecule has 1 aliphatic carbocycles. The molecule has 3 N–H and O–H groups in total. The van der Waals surface area contributed by atoms with Gasteiger partial charge in [-0.1, -0.05) is 24.3 Å². The zero-order chi connectivity index (χ0) is 27.0. The summed E-state index contributed by atoms with van der Waals surface area (Å²) in [5, 5.41) is 13.7. The highest BCUT2D eigenvalue weighted by Gasteiger charge is 2.16. The van der Waals surface area contributed by atoms with Crippen LogP contribution in [0, 0.1) is 0 Å². The van der Waals surface area contributed by atoms with Crippen molar-refractivity contribution >= 4 is 40.1 Å². The molecule has 0 radical (unpaired) electrons.